The SMILES string of the molecule is CN(C)C(=O)Oc1cc(NC(=O)Cc2ccc(C3=CCN(C#N)CC3)nc2)ncc1Cl. The quantitative estimate of drug-likeness (QED) is 0.711. The molecule has 0 atom stereocenters. The van der Waals surface area contributed by atoms with E-state index in [1.807, 2.05) is 18.2 Å². The zero-order valence-electron chi connectivity index (χ0n) is 17.1. The van der Waals surface area contributed by atoms with Crippen molar-refractivity contribution in [2.45, 2.75) is 12.8 Å². The average molecular weight is 441 g/mol. The Hall–Kier alpha value is -3.64. The number of anilines is 1. The van der Waals surface area contributed by atoms with E-state index in [1.165, 1.54) is 17.2 Å². The highest BCUT2D eigenvalue weighted by Gasteiger charge is 2.15. The zero-order chi connectivity index (χ0) is 22.4. The third kappa shape index (κ3) is 5.93. The molecule has 0 aliphatic carbocycles. The standard InChI is InChI=1S/C21H21ClN6O3/c1-27(2)21(30)31-18-10-19(25-12-16(18)22)26-20(29)9-14-3-4-17(24-11-14)15-5-7-28(13-23)8-6-15/h3-5,10-12H,6-9H2,1-2H3,(H,25,26,29). The van der Waals surface area contributed by atoms with Crippen molar-refractivity contribution in [2.24, 2.45) is 0 Å². The first-order valence-corrected chi connectivity index (χ1v) is 9.87. The van der Waals surface area contributed by atoms with Gasteiger partial charge in [-0.2, -0.15) is 5.26 Å². The summed E-state index contributed by atoms with van der Waals surface area (Å²) in [4.78, 5) is 35.5. The van der Waals surface area contributed by atoms with Gasteiger partial charge in [-0.25, -0.2) is 9.78 Å². The van der Waals surface area contributed by atoms with Crippen molar-refractivity contribution in [2.75, 3.05) is 32.5 Å². The van der Waals surface area contributed by atoms with Crippen LogP contribution in [0.2, 0.25) is 5.02 Å². The maximum Gasteiger partial charge on any atom is 0.414 e. The largest absolute Gasteiger partial charge is 0.414 e. The molecule has 2 aromatic rings. The molecule has 0 saturated carbocycles. The highest BCUT2D eigenvalue weighted by atomic mass is 35.5. The number of pyridine rings is 2. The molecule has 0 spiro atoms. The van der Waals surface area contributed by atoms with E-state index < -0.39 is 6.09 Å². The summed E-state index contributed by atoms with van der Waals surface area (Å²) in [5.41, 5.74) is 2.67. The molecule has 0 unspecified atom stereocenters. The molecular weight excluding hydrogens is 420 g/mol. The maximum atomic E-state index is 12.4. The fourth-order valence-electron chi connectivity index (χ4n) is 2.84. The number of nitriles is 1. The molecule has 1 aliphatic rings. The van der Waals surface area contributed by atoms with Crippen molar-refractivity contribution in [3.8, 4) is 11.9 Å². The number of nitrogens with one attached hydrogen (secondary N) is 1. The second-order valence-electron chi connectivity index (χ2n) is 7.06. The normalized spacial score (nSPS) is 13.1. The Morgan fingerprint density at radius 2 is 2.13 bits per heavy atom. The van der Waals surface area contributed by atoms with Crippen LogP contribution in [0.3, 0.4) is 0 Å². The third-order valence-electron chi connectivity index (χ3n) is 4.52. The number of nitrogens with zero attached hydrogens (tertiary/aromatic N) is 5. The topological polar surface area (TPSA) is 111 Å². The van der Waals surface area contributed by atoms with Crippen LogP contribution in [0.25, 0.3) is 5.57 Å². The number of rotatable bonds is 5. The summed E-state index contributed by atoms with van der Waals surface area (Å²) in [6.07, 6.45) is 7.35. The maximum absolute atomic E-state index is 12.4. The van der Waals surface area contributed by atoms with Gasteiger partial charge in [0.1, 0.15) is 10.8 Å². The molecule has 0 aromatic carbocycles. The summed E-state index contributed by atoms with van der Waals surface area (Å²) in [5, 5.41) is 11.7. The van der Waals surface area contributed by atoms with Gasteiger partial charge in [-0.05, 0) is 23.6 Å². The molecular formula is C21H21ClN6O3. The number of amides is 2. The fraction of sp³-hybridized carbons (Fsp3) is 0.286. The van der Waals surface area contributed by atoms with Gasteiger partial charge in [-0.3, -0.25) is 9.78 Å². The van der Waals surface area contributed by atoms with Gasteiger partial charge in [-0.15, -0.1) is 0 Å². The van der Waals surface area contributed by atoms with Crippen LogP contribution in [0.1, 0.15) is 17.7 Å². The number of hydrogen-bond acceptors (Lipinski definition) is 7. The summed E-state index contributed by atoms with van der Waals surface area (Å²) in [7, 11) is 3.09. The van der Waals surface area contributed by atoms with Gasteiger partial charge in [0.25, 0.3) is 0 Å². The fourth-order valence-corrected chi connectivity index (χ4v) is 2.98. The lowest BCUT2D eigenvalue weighted by Gasteiger charge is -2.20. The molecule has 2 amide bonds. The number of carbonyl (C=O) groups is 2. The first-order chi connectivity index (χ1) is 14.9. The van der Waals surface area contributed by atoms with E-state index in [0.29, 0.717) is 13.1 Å². The molecule has 10 heteroatoms. The first-order valence-electron chi connectivity index (χ1n) is 9.49. The van der Waals surface area contributed by atoms with Crippen LogP contribution in [0.15, 0.2) is 36.7 Å². The minimum atomic E-state index is -0.593. The van der Waals surface area contributed by atoms with E-state index >= 15 is 0 Å². The van der Waals surface area contributed by atoms with E-state index in [-0.39, 0.29) is 28.9 Å². The Kier molecular flexibility index (Phi) is 7.05. The van der Waals surface area contributed by atoms with Crippen LogP contribution in [-0.4, -0.2) is 59.0 Å². The van der Waals surface area contributed by atoms with Crippen molar-refractivity contribution in [1.82, 2.24) is 19.8 Å². The van der Waals surface area contributed by atoms with Gasteiger partial charge in [-0.1, -0.05) is 23.7 Å². The van der Waals surface area contributed by atoms with Crippen molar-refractivity contribution in [3.63, 3.8) is 0 Å². The Morgan fingerprint density at radius 1 is 1.32 bits per heavy atom. The first kappa shape index (κ1) is 22.1. The predicted octanol–water partition coefficient (Wildman–Crippen LogP) is 2.94. The summed E-state index contributed by atoms with van der Waals surface area (Å²) < 4.78 is 5.16. The summed E-state index contributed by atoms with van der Waals surface area (Å²) in [5.74, 6) is 0.0261. The van der Waals surface area contributed by atoms with Crippen LogP contribution < -0.4 is 10.1 Å². The molecule has 160 valence electrons. The van der Waals surface area contributed by atoms with Gasteiger partial charge >= 0.3 is 6.09 Å². The number of halogens is 1. The second kappa shape index (κ2) is 9.91. The summed E-state index contributed by atoms with van der Waals surface area (Å²) >= 11 is 6.00. The van der Waals surface area contributed by atoms with Gasteiger partial charge in [0.15, 0.2) is 11.9 Å². The number of aromatic nitrogens is 2. The van der Waals surface area contributed by atoms with E-state index in [1.54, 1.807) is 25.2 Å². The van der Waals surface area contributed by atoms with Gasteiger partial charge < -0.3 is 19.9 Å². The zero-order valence-corrected chi connectivity index (χ0v) is 17.9. The number of ether oxygens (including phenoxy) is 1. The molecule has 0 bridgehead atoms. The van der Waals surface area contributed by atoms with Gasteiger partial charge in [0.2, 0.25) is 5.91 Å². The van der Waals surface area contributed by atoms with Gasteiger partial charge in [0.05, 0.1) is 18.3 Å². The highest BCUT2D eigenvalue weighted by Crippen LogP contribution is 2.26. The van der Waals surface area contributed by atoms with Crippen LogP contribution in [-0.2, 0) is 11.2 Å². The van der Waals surface area contributed by atoms with E-state index in [2.05, 4.69) is 21.5 Å². The molecule has 0 fully saturated rings. The molecule has 1 aliphatic heterocycles. The lowest BCUT2D eigenvalue weighted by Crippen LogP contribution is -2.25. The van der Waals surface area contributed by atoms with Crippen molar-refractivity contribution >= 4 is 35.0 Å². The lowest BCUT2D eigenvalue weighted by molar-refractivity contribution is -0.115. The molecule has 0 radical (unpaired) electrons. The molecule has 3 rings (SSSR count). The van der Waals surface area contributed by atoms with E-state index in [9.17, 15) is 9.59 Å². The minimum Gasteiger partial charge on any atom is -0.408 e. The highest BCUT2D eigenvalue weighted by molar-refractivity contribution is 6.32. The third-order valence-corrected chi connectivity index (χ3v) is 4.80. The number of carbonyl (C=O) groups excluding carboxylic acids is 2. The monoisotopic (exact) mass is 440 g/mol. The average Bonchev–Trinajstić information content (AvgIpc) is 2.76. The minimum absolute atomic E-state index is 0.103. The second-order valence-corrected chi connectivity index (χ2v) is 7.47. The Bertz CT molecular complexity index is 1050. The molecule has 2 aromatic heterocycles. The predicted molar refractivity (Wildman–Crippen MR) is 115 cm³/mol. The van der Waals surface area contributed by atoms with Crippen LogP contribution >= 0.6 is 11.6 Å². The number of hydrogen-bond donors (Lipinski definition) is 1. The van der Waals surface area contributed by atoms with Crippen molar-refractivity contribution in [3.05, 3.63) is 52.9 Å². The van der Waals surface area contributed by atoms with Crippen molar-refractivity contribution in [1.29, 1.82) is 5.26 Å². The van der Waals surface area contributed by atoms with Crippen LogP contribution in [0, 0.1) is 11.5 Å². The van der Waals surface area contributed by atoms with Crippen molar-refractivity contribution < 1.29 is 14.3 Å². The molecule has 1 N–H and O–H groups in total. The Balaban J connectivity index is 1.60. The Morgan fingerprint density at radius 3 is 2.74 bits per heavy atom. The lowest BCUT2D eigenvalue weighted by atomic mass is 10.0. The summed E-state index contributed by atoms with van der Waals surface area (Å²) in [6.45, 7) is 1.26. The van der Waals surface area contributed by atoms with E-state index in [0.717, 1.165) is 23.3 Å². The molecule has 31 heavy (non-hydrogen) atoms. The molecule has 3 heterocycles. The smallest absolute Gasteiger partial charge is 0.408 e. The van der Waals surface area contributed by atoms with Crippen LogP contribution in [0.4, 0.5) is 10.6 Å². The molecule has 0 saturated heterocycles. The summed E-state index contributed by atoms with van der Waals surface area (Å²) in [6, 6.07) is 5.11. The van der Waals surface area contributed by atoms with E-state index in [4.69, 9.17) is 21.6 Å². The Labute approximate surface area is 184 Å². The molecule has 9 nitrogen and oxygen atoms in total. The van der Waals surface area contributed by atoms with Gasteiger partial charge in [0, 0.05) is 39.4 Å². The van der Waals surface area contributed by atoms with Crippen LogP contribution in [0.5, 0.6) is 5.75 Å².